The summed E-state index contributed by atoms with van der Waals surface area (Å²) in [6.45, 7) is 1.55. The Kier molecular flexibility index (Phi) is 6.97. The number of carbonyl (C=O) groups is 2. The van der Waals surface area contributed by atoms with E-state index in [1.54, 1.807) is 4.90 Å². The molecule has 1 fully saturated rings. The number of benzene rings is 2. The first-order valence-corrected chi connectivity index (χ1v) is 10.6. The molecule has 9 heteroatoms. The lowest BCUT2D eigenvalue weighted by atomic mass is 10.2. The number of esters is 1. The van der Waals surface area contributed by atoms with Gasteiger partial charge in [-0.2, -0.15) is 0 Å². The van der Waals surface area contributed by atoms with Crippen molar-refractivity contribution in [2.75, 3.05) is 32.9 Å². The molecule has 154 valence electrons. The van der Waals surface area contributed by atoms with Crippen LogP contribution in [0, 0.1) is 0 Å². The number of hydrogen-bond donors (Lipinski definition) is 1. The maximum absolute atomic E-state index is 12.5. The van der Waals surface area contributed by atoms with Gasteiger partial charge in [-0.05, 0) is 23.8 Å². The molecule has 0 spiro atoms. The zero-order chi connectivity index (χ0) is 20.7. The molecular formula is C20H22N2O6S. The highest BCUT2D eigenvalue weighted by Crippen LogP contribution is 2.13. The second kappa shape index (κ2) is 9.64. The Morgan fingerprint density at radius 2 is 1.76 bits per heavy atom. The van der Waals surface area contributed by atoms with Crippen molar-refractivity contribution < 1.29 is 27.5 Å². The normalized spacial score (nSPS) is 14.4. The van der Waals surface area contributed by atoms with Crippen molar-refractivity contribution in [3.8, 4) is 0 Å². The molecule has 2 aromatic rings. The zero-order valence-electron chi connectivity index (χ0n) is 15.7. The number of ether oxygens (including phenoxy) is 2. The smallest absolute Gasteiger partial charge is 0.338 e. The number of nitrogens with zero attached hydrogens (tertiary/aromatic N) is 1. The molecule has 8 nitrogen and oxygen atoms in total. The van der Waals surface area contributed by atoms with Gasteiger partial charge in [-0.25, -0.2) is 17.9 Å². The largest absolute Gasteiger partial charge is 0.452 e. The summed E-state index contributed by atoms with van der Waals surface area (Å²) in [4.78, 5) is 25.8. The maximum atomic E-state index is 12.5. The van der Waals surface area contributed by atoms with Crippen molar-refractivity contribution in [3.05, 3.63) is 65.7 Å². The summed E-state index contributed by atoms with van der Waals surface area (Å²) in [5.41, 5.74) is 0.871. The van der Waals surface area contributed by atoms with E-state index in [9.17, 15) is 18.0 Å². The van der Waals surface area contributed by atoms with Crippen LogP contribution < -0.4 is 4.72 Å². The van der Waals surface area contributed by atoms with E-state index in [0.29, 0.717) is 26.3 Å². The monoisotopic (exact) mass is 418 g/mol. The third kappa shape index (κ3) is 5.86. The molecule has 2 aromatic carbocycles. The first-order valence-electron chi connectivity index (χ1n) is 9.12. The summed E-state index contributed by atoms with van der Waals surface area (Å²) in [7, 11) is -3.81. The van der Waals surface area contributed by atoms with Crippen LogP contribution >= 0.6 is 0 Å². The average Bonchev–Trinajstić information content (AvgIpc) is 2.77. The Morgan fingerprint density at radius 1 is 1.03 bits per heavy atom. The van der Waals surface area contributed by atoms with Gasteiger partial charge in [0.05, 0.1) is 23.7 Å². The summed E-state index contributed by atoms with van der Waals surface area (Å²) in [6.07, 6.45) is 0. The highest BCUT2D eigenvalue weighted by atomic mass is 32.2. The number of rotatable bonds is 7. The summed E-state index contributed by atoms with van der Waals surface area (Å²) in [5, 5.41) is 0. The molecule has 1 saturated heterocycles. The first kappa shape index (κ1) is 21.0. The first-order chi connectivity index (χ1) is 14.0. The lowest BCUT2D eigenvalue weighted by Gasteiger charge is -2.26. The molecule has 29 heavy (non-hydrogen) atoms. The maximum Gasteiger partial charge on any atom is 0.338 e. The van der Waals surface area contributed by atoms with E-state index >= 15 is 0 Å². The van der Waals surface area contributed by atoms with Crippen molar-refractivity contribution >= 4 is 21.9 Å². The fourth-order valence-corrected chi connectivity index (χ4v) is 3.83. The van der Waals surface area contributed by atoms with E-state index in [-0.39, 0.29) is 22.9 Å². The summed E-state index contributed by atoms with van der Waals surface area (Å²) >= 11 is 0. The fraction of sp³-hybridized carbons (Fsp3) is 0.300. The Hall–Kier alpha value is -2.75. The Labute approximate surface area is 169 Å². The second-order valence-electron chi connectivity index (χ2n) is 6.41. The van der Waals surface area contributed by atoms with Gasteiger partial charge in [-0.1, -0.05) is 36.4 Å². The van der Waals surface area contributed by atoms with Crippen LogP contribution in [0.25, 0.3) is 0 Å². The minimum Gasteiger partial charge on any atom is -0.452 e. The lowest BCUT2D eigenvalue weighted by molar-refractivity contribution is -0.138. The minimum absolute atomic E-state index is 0.0533. The molecule has 0 atom stereocenters. The van der Waals surface area contributed by atoms with Gasteiger partial charge in [-0.15, -0.1) is 0 Å². The van der Waals surface area contributed by atoms with Crippen LogP contribution in [0.1, 0.15) is 15.9 Å². The van der Waals surface area contributed by atoms with Crippen molar-refractivity contribution in [1.82, 2.24) is 9.62 Å². The van der Waals surface area contributed by atoms with Crippen molar-refractivity contribution in [2.45, 2.75) is 11.4 Å². The van der Waals surface area contributed by atoms with E-state index in [1.807, 2.05) is 30.3 Å². The van der Waals surface area contributed by atoms with E-state index in [2.05, 4.69) is 4.72 Å². The SMILES string of the molecule is O=C(OCC(=O)N1CCOCC1)c1cccc(S(=O)(=O)NCc2ccccc2)c1. The predicted molar refractivity (Wildman–Crippen MR) is 105 cm³/mol. The van der Waals surface area contributed by atoms with Gasteiger partial charge < -0.3 is 14.4 Å². The molecule has 1 aliphatic rings. The van der Waals surface area contributed by atoms with Crippen LogP contribution in [-0.4, -0.2) is 58.1 Å². The molecule has 3 rings (SSSR count). The van der Waals surface area contributed by atoms with Crippen molar-refractivity contribution in [3.63, 3.8) is 0 Å². The third-order valence-electron chi connectivity index (χ3n) is 4.38. The molecule has 0 bridgehead atoms. The number of morpholine rings is 1. The van der Waals surface area contributed by atoms with Crippen LogP contribution in [0.3, 0.4) is 0 Å². The van der Waals surface area contributed by atoms with E-state index < -0.39 is 22.6 Å². The van der Waals surface area contributed by atoms with Crippen LogP contribution in [-0.2, 0) is 30.8 Å². The zero-order valence-corrected chi connectivity index (χ0v) is 16.6. The Balaban J connectivity index is 1.60. The second-order valence-corrected chi connectivity index (χ2v) is 8.17. The third-order valence-corrected chi connectivity index (χ3v) is 5.78. The van der Waals surface area contributed by atoms with Gasteiger partial charge in [0.15, 0.2) is 6.61 Å². The van der Waals surface area contributed by atoms with Crippen LogP contribution in [0.5, 0.6) is 0 Å². The van der Waals surface area contributed by atoms with Crippen LogP contribution in [0.2, 0.25) is 0 Å². The molecule has 1 amide bonds. The lowest BCUT2D eigenvalue weighted by Crippen LogP contribution is -2.42. The van der Waals surface area contributed by atoms with E-state index in [0.717, 1.165) is 5.56 Å². The Bertz CT molecular complexity index is 956. The Morgan fingerprint density at radius 3 is 2.48 bits per heavy atom. The van der Waals surface area contributed by atoms with Crippen LogP contribution in [0.15, 0.2) is 59.5 Å². The van der Waals surface area contributed by atoms with Gasteiger partial charge in [0.1, 0.15) is 0 Å². The number of sulfonamides is 1. The van der Waals surface area contributed by atoms with Crippen LogP contribution in [0.4, 0.5) is 0 Å². The van der Waals surface area contributed by atoms with Gasteiger partial charge in [0, 0.05) is 19.6 Å². The van der Waals surface area contributed by atoms with Crippen molar-refractivity contribution in [2.24, 2.45) is 0 Å². The summed E-state index contributed by atoms with van der Waals surface area (Å²) in [5.74, 6) is -1.07. The fourth-order valence-electron chi connectivity index (χ4n) is 2.76. The van der Waals surface area contributed by atoms with Gasteiger partial charge in [-0.3, -0.25) is 4.79 Å². The van der Waals surface area contributed by atoms with E-state index in [1.165, 1.54) is 24.3 Å². The highest BCUT2D eigenvalue weighted by Gasteiger charge is 2.20. The van der Waals surface area contributed by atoms with Gasteiger partial charge in [0.25, 0.3) is 5.91 Å². The number of amides is 1. The number of hydrogen-bond acceptors (Lipinski definition) is 6. The minimum atomic E-state index is -3.81. The van der Waals surface area contributed by atoms with Gasteiger partial charge in [0.2, 0.25) is 10.0 Å². The molecular weight excluding hydrogens is 396 g/mol. The molecule has 0 aromatic heterocycles. The highest BCUT2D eigenvalue weighted by molar-refractivity contribution is 7.89. The average molecular weight is 418 g/mol. The molecule has 1 aliphatic heterocycles. The standard InChI is InChI=1S/C20H22N2O6S/c23-19(22-9-11-27-12-10-22)15-28-20(24)17-7-4-8-18(13-17)29(25,26)21-14-16-5-2-1-3-6-16/h1-8,13,21H,9-12,14-15H2. The number of carbonyl (C=O) groups excluding carboxylic acids is 2. The summed E-state index contributed by atoms with van der Waals surface area (Å²) in [6, 6.07) is 14.6. The quantitative estimate of drug-likeness (QED) is 0.678. The number of nitrogens with one attached hydrogen (secondary N) is 1. The molecule has 0 unspecified atom stereocenters. The topological polar surface area (TPSA) is 102 Å². The molecule has 0 saturated carbocycles. The van der Waals surface area contributed by atoms with Gasteiger partial charge >= 0.3 is 5.97 Å². The predicted octanol–water partition coefficient (Wildman–Crippen LogP) is 1.18. The molecule has 1 heterocycles. The summed E-state index contributed by atoms with van der Waals surface area (Å²) < 4.78 is 37.8. The molecule has 0 aliphatic carbocycles. The molecule has 1 N–H and O–H groups in total. The van der Waals surface area contributed by atoms with E-state index in [4.69, 9.17) is 9.47 Å². The van der Waals surface area contributed by atoms with Crippen molar-refractivity contribution in [1.29, 1.82) is 0 Å². The molecule has 0 radical (unpaired) electrons.